The summed E-state index contributed by atoms with van der Waals surface area (Å²) in [5, 5.41) is 3.53. The molecule has 3 heteroatoms. The first kappa shape index (κ1) is 9.03. The van der Waals surface area contributed by atoms with Crippen molar-refractivity contribution in [2.24, 2.45) is 0 Å². The fraction of sp³-hybridized carbons (Fsp3) is 0. The van der Waals surface area contributed by atoms with E-state index in [9.17, 15) is 0 Å². The molecule has 2 aromatic carbocycles. The summed E-state index contributed by atoms with van der Waals surface area (Å²) < 4.78 is 1.00. The van der Waals surface area contributed by atoms with Crippen molar-refractivity contribution in [1.29, 1.82) is 0 Å². The largest absolute Gasteiger partial charge is 0.236 e. The molecule has 3 rings (SSSR count). The zero-order valence-electron chi connectivity index (χ0n) is 7.81. The summed E-state index contributed by atoms with van der Waals surface area (Å²) in [5.41, 5.74) is 1.03. The number of nitrogens with zero attached hydrogens (tertiary/aromatic N) is 2. The maximum atomic E-state index is 4.35. The lowest BCUT2D eigenvalue weighted by molar-refractivity contribution is 1.19. The van der Waals surface area contributed by atoms with Crippen LogP contribution >= 0.6 is 22.6 Å². The van der Waals surface area contributed by atoms with Crippen LogP contribution in [0.2, 0.25) is 0 Å². The Bertz CT molecular complexity index is 649. The van der Waals surface area contributed by atoms with Crippen molar-refractivity contribution in [2.75, 3.05) is 0 Å². The average Bonchev–Trinajstić information content (AvgIpc) is 2.29. The quantitative estimate of drug-likeness (QED) is 0.361. The normalized spacial score (nSPS) is 11.0. The Morgan fingerprint density at radius 2 is 1.73 bits per heavy atom. The Kier molecular flexibility index (Phi) is 2.05. The SMILES string of the molecule is Ic1ncnc2c1ccc1ccccc12. The van der Waals surface area contributed by atoms with Crippen molar-refractivity contribution in [3.63, 3.8) is 0 Å². The van der Waals surface area contributed by atoms with Gasteiger partial charge in [0.05, 0.1) is 5.52 Å². The maximum absolute atomic E-state index is 4.35. The fourth-order valence-corrected chi connectivity index (χ4v) is 2.33. The van der Waals surface area contributed by atoms with Crippen molar-refractivity contribution in [3.8, 4) is 0 Å². The second kappa shape index (κ2) is 3.41. The van der Waals surface area contributed by atoms with Gasteiger partial charge in [-0.3, -0.25) is 0 Å². The number of rotatable bonds is 0. The number of halogens is 1. The highest BCUT2D eigenvalue weighted by Crippen LogP contribution is 2.25. The highest BCUT2D eigenvalue weighted by Gasteiger charge is 2.03. The van der Waals surface area contributed by atoms with Crippen LogP contribution in [-0.2, 0) is 0 Å². The maximum Gasteiger partial charge on any atom is 0.117 e. The minimum Gasteiger partial charge on any atom is -0.236 e. The van der Waals surface area contributed by atoms with Crippen molar-refractivity contribution < 1.29 is 0 Å². The van der Waals surface area contributed by atoms with E-state index >= 15 is 0 Å². The van der Waals surface area contributed by atoms with Gasteiger partial charge >= 0.3 is 0 Å². The molecule has 1 aromatic heterocycles. The first-order valence-electron chi connectivity index (χ1n) is 4.64. The molecule has 0 fully saturated rings. The van der Waals surface area contributed by atoms with Crippen LogP contribution in [0.25, 0.3) is 21.7 Å². The van der Waals surface area contributed by atoms with Crippen molar-refractivity contribution >= 4 is 44.3 Å². The van der Waals surface area contributed by atoms with Gasteiger partial charge < -0.3 is 0 Å². The Morgan fingerprint density at radius 3 is 2.67 bits per heavy atom. The minimum atomic E-state index is 1.00. The Labute approximate surface area is 100 Å². The van der Waals surface area contributed by atoms with Gasteiger partial charge in [-0.05, 0) is 34.0 Å². The van der Waals surface area contributed by atoms with Gasteiger partial charge in [-0.15, -0.1) is 0 Å². The van der Waals surface area contributed by atoms with Crippen LogP contribution in [0, 0.1) is 3.70 Å². The van der Waals surface area contributed by atoms with E-state index in [0.29, 0.717) is 0 Å². The van der Waals surface area contributed by atoms with Crippen LogP contribution in [0.5, 0.6) is 0 Å². The molecule has 0 atom stereocenters. The van der Waals surface area contributed by atoms with Gasteiger partial charge in [0.15, 0.2) is 0 Å². The van der Waals surface area contributed by atoms with Gasteiger partial charge in [0, 0.05) is 10.8 Å². The van der Waals surface area contributed by atoms with Gasteiger partial charge in [0.25, 0.3) is 0 Å². The zero-order chi connectivity index (χ0) is 10.3. The van der Waals surface area contributed by atoms with E-state index in [-0.39, 0.29) is 0 Å². The van der Waals surface area contributed by atoms with Gasteiger partial charge in [0.1, 0.15) is 10.0 Å². The molecule has 3 aromatic rings. The van der Waals surface area contributed by atoms with Gasteiger partial charge in [0.2, 0.25) is 0 Å². The van der Waals surface area contributed by atoms with Crippen LogP contribution < -0.4 is 0 Å². The number of fused-ring (bicyclic) bond motifs is 3. The fourth-order valence-electron chi connectivity index (χ4n) is 1.77. The Balaban J connectivity index is 2.60. The highest BCUT2D eigenvalue weighted by molar-refractivity contribution is 14.1. The lowest BCUT2D eigenvalue weighted by Gasteiger charge is -2.03. The molecule has 2 nitrogen and oxygen atoms in total. The minimum absolute atomic E-state index is 1.00. The summed E-state index contributed by atoms with van der Waals surface area (Å²) in [6.07, 6.45) is 1.62. The number of hydrogen-bond donors (Lipinski definition) is 0. The summed E-state index contributed by atoms with van der Waals surface area (Å²) in [5.74, 6) is 0. The third-order valence-electron chi connectivity index (χ3n) is 2.48. The van der Waals surface area contributed by atoms with Gasteiger partial charge in [-0.25, -0.2) is 9.97 Å². The standard InChI is InChI=1S/C12H7IN2/c13-12-10-6-5-8-3-1-2-4-9(8)11(10)14-7-15-12/h1-7H. The molecular weight excluding hydrogens is 299 g/mol. The first-order chi connectivity index (χ1) is 7.36. The number of benzene rings is 2. The summed E-state index contributed by atoms with van der Waals surface area (Å²) in [4.78, 5) is 8.54. The van der Waals surface area contributed by atoms with Gasteiger partial charge in [-0.1, -0.05) is 30.3 Å². The van der Waals surface area contributed by atoms with E-state index in [1.54, 1.807) is 6.33 Å². The lowest BCUT2D eigenvalue weighted by Crippen LogP contribution is -1.87. The monoisotopic (exact) mass is 306 g/mol. The third-order valence-corrected chi connectivity index (χ3v) is 3.34. The highest BCUT2D eigenvalue weighted by atomic mass is 127. The predicted octanol–water partition coefficient (Wildman–Crippen LogP) is 3.39. The molecule has 0 aliphatic carbocycles. The Morgan fingerprint density at radius 1 is 0.867 bits per heavy atom. The molecule has 15 heavy (non-hydrogen) atoms. The molecule has 0 saturated carbocycles. The topological polar surface area (TPSA) is 25.8 Å². The molecule has 0 aliphatic heterocycles. The summed E-state index contributed by atoms with van der Waals surface area (Å²) >= 11 is 2.24. The molecular formula is C12H7IN2. The molecule has 1 heterocycles. The number of aromatic nitrogens is 2. The molecule has 0 radical (unpaired) electrons. The van der Waals surface area contributed by atoms with Crippen LogP contribution in [-0.4, -0.2) is 9.97 Å². The van der Waals surface area contributed by atoms with Crippen LogP contribution in [0.3, 0.4) is 0 Å². The lowest BCUT2D eigenvalue weighted by atomic mass is 10.1. The molecule has 0 unspecified atom stereocenters. The smallest absolute Gasteiger partial charge is 0.117 e. The molecule has 0 saturated heterocycles. The second-order valence-electron chi connectivity index (χ2n) is 3.35. The Hall–Kier alpha value is -1.23. The van der Waals surface area contributed by atoms with Crippen LogP contribution in [0.15, 0.2) is 42.7 Å². The average molecular weight is 306 g/mol. The summed E-state index contributed by atoms with van der Waals surface area (Å²) in [6, 6.07) is 12.5. The predicted molar refractivity (Wildman–Crippen MR) is 69.8 cm³/mol. The van der Waals surface area contributed by atoms with E-state index in [1.807, 2.05) is 12.1 Å². The molecule has 0 amide bonds. The second-order valence-corrected chi connectivity index (χ2v) is 4.37. The van der Waals surface area contributed by atoms with E-state index in [0.717, 1.165) is 14.6 Å². The van der Waals surface area contributed by atoms with E-state index in [1.165, 1.54) is 10.8 Å². The van der Waals surface area contributed by atoms with Gasteiger partial charge in [-0.2, -0.15) is 0 Å². The molecule has 0 bridgehead atoms. The van der Waals surface area contributed by atoms with Crippen molar-refractivity contribution in [3.05, 3.63) is 46.4 Å². The van der Waals surface area contributed by atoms with Crippen LogP contribution in [0.4, 0.5) is 0 Å². The molecule has 72 valence electrons. The zero-order valence-corrected chi connectivity index (χ0v) is 9.97. The van der Waals surface area contributed by atoms with Crippen LogP contribution in [0.1, 0.15) is 0 Å². The van der Waals surface area contributed by atoms with Crippen molar-refractivity contribution in [1.82, 2.24) is 9.97 Å². The molecule has 0 spiro atoms. The van der Waals surface area contributed by atoms with E-state index < -0.39 is 0 Å². The van der Waals surface area contributed by atoms with Crippen molar-refractivity contribution in [2.45, 2.75) is 0 Å². The number of hydrogen-bond acceptors (Lipinski definition) is 2. The summed E-state index contributed by atoms with van der Waals surface area (Å²) in [6.45, 7) is 0. The molecule has 0 N–H and O–H groups in total. The van der Waals surface area contributed by atoms with E-state index in [4.69, 9.17) is 0 Å². The first-order valence-corrected chi connectivity index (χ1v) is 5.72. The third kappa shape index (κ3) is 1.38. The van der Waals surface area contributed by atoms with E-state index in [2.05, 4.69) is 56.8 Å². The molecule has 0 aliphatic rings. The summed E-state index contributed by atoms with van der Waals surface area (Å²) in [7, 11) is 0.